The van der Waals surface area contributed by atoms with E-state index < -0.39 is 18.1 Å². The normalized spacial score (nSPS) is 19.7. The number of nitrogens with one attached hydrogen (secondary N) is 1. The molecule has 1 aliphatic rings. The minimum Gasteiger partial charge on any atom is -0.480 e. The molecule has 0 aliphatic heterocycles. The zero-order valence-corrected chi connectivity index (χ0v) is 14.5. The van der Waals surface area contributed by atoms with E-state index in [-0.39, 0.29) is 5.97 Å². The highest BCUT2D eigenvalue weighted by atomic mass is 32.2. The van der Waals surface area contributed by atoms with Crippen molar-refractivity contribution in [3.63, 3.8) is 0 Å². The van der Waals surface area contributed by atoms with E-state index in [0.717, 1.165) is 0 Å². The molecule has 6 heteroatoms. The first-order chi connectivity index (χ1) is 10.5. The number of carbonyl (C=O) groups excluding carboxylic acids is 1. The van der Waals surface area contributed by atoms with Crippen molar-refractivity contribution in [3.05, 3.63) is 0 Å². The second-order valence-corrected chi connectivity index (χ2v) is 7.17. The lowest BCUT2D eigenvalue weighted by Crippen LogP contribution is -2.48. The van der Waals surface area contributed by atoms with Crippen molar-refractivity contribution in [1.82, 2.24) is 5.32 Å². The van der Waals surface area contributed by atoms with Crippen LogP contribution in [-0.2, 0) is 14.3 Å². The van der Waals surface area contributed by atoms with Crippen LogP contribution in [0.15, 0.2) is 0 Å². The summed E-state index contributed by atoms with van der Waals surface area (Å²) in [6, 6.07) is -1.31. The lowest BCUT2D eigenvalue weighted by Gasteiger charge is -2.23. The largest absolute Gasteiger partial charge is 0.480 e. The van der Waals surface area contributed by atoms with Crippen LogP contribution in [0.3, 0.4) is 0 Å². The van der Waals surface area contributed by atoms with E-state index in [2.05, 4.69) is 5.32 Å². The van der Waals surface area contributed by atoms with Crippen LogP contribution < -0.4 is 5.32 Å². The highest BCUT2D eigenvalue weighted by molar-refractivity contribution is 7.99. The van der Waals surface area contributed by atoms with Gasteiger partial charge in [-0.3, -0.25) is 14.9 Å². The molecule has 2 atom stereocenters. The summed E-state index contributed by atoms with van der Waals surface area (Å²) in [5.41, 5.74) is 0. The van der Waals surface area contributed by atoms with Gasteiger partial charge in [0.25, 0.3) is 0 Å². The number of hydrogen-bond acceptors (Lipinski definition) is 5. The van der Waals surface area contributed by atoms with Crippen LogP contribution in [0.4, 0.5) is 0 Å². The summed E-state index contributed by atoms with van der Waals surface area (Å²) in [5.74, 6) is -0.736. The van der Waals surface area contributed by atoms with Crippen LogP contribution in [0.25, 0.3) is 0 Å². The Bertz CT molecular complexity index is 343. The van der Waals surface area contributed by atoms with Crippen molar-refractivity contribution in [2.24, 2.45) is 0 Å². The van der Waals surface area contributed by atoms with E-state index in [1.165, 1.54) is 44.9 Å². The molecule has 22 heavy (non-hydrogen) atoms. The highest BCUT2D eigenvalue weighted by Crippen LogP contribution is 2.27. The van der Waals surface area contributed by atoms with Crippen molar-refractivity contribution in [3.8, 4) is 0 Å². The van der Waals surface area contributed by atoms with Gasteiger partial charge in [-0.15, -0.1) is 0 Å². The van der Waals surface area contributed by atoms with Gasteiger partial charge in [-0.2, -0.15) is 11.8 Å². The van der Waals surface area contributed by atoms with Crippen molar-refractivity contribution in [2.75, 3.05) is 12.4 Å². The number of hydrogen-bond donors (Lipinski definition) is 2. The van der Waals surface area contributed by atoms with Crippen molar-refractivity contribution >= 4 is 23.7 Å². The highest BCUT2D eigenvalue weighted by Gasteiger charge is 2.25. The number of carboxylic acid groups (broad SMARTS) is 1. The monoisotopic (exact) mass is 331 g/mol. The molecule has 0 heterocycles. The molecular formula is C16H29NO4S. The van der Waals surface area contributed by atoms with Crippen LogP contribution in [0, 0.1) is 0 Å². The molecule has 128 valence electrons. The number of ether oxygens (including phenoxy) is 1. The Morgan fingerprint density at radius 1 is 1.23 bits per heavy atom. The molecule has 1 aliphatic carbocycles. The summed E-state index contributed by atoms with van der Waals surface area (Å²) in [6.45, 7) is 3.62. The number of carbonyl (C=O) groups is 2. The third kappa shape index (κ3) is 7.49. The SMILES string of the molecule is CCOC(=O)[C@H](CSC1CCCCCCC1)N[C@@H](C)C(=O)O. The number of esters is 1. The molecule has 0 radical (unpaired) electrons. The number of thioether (sulfide) groups is 1. The number of carboxylic acids is 1. The zero-order valence-electron chi connectivity index (χ0n) is 13.7. The van der Waals surface area contributed by atoms with Crippen LogP contribution in [0.2, 0.25) is 0 Å². The topological polar surface area (TPSA) is 75.6 Å². The Labute approximate surface area is 137 Å². The van der Waals surface area contributed by atoms with Gasteiger partial charge in [-0.1, -0.05) is 32.1 Å². The minimum absolute atomic E-state index is 0.312. The molecule has 0 aromatic rings. The van der Waals surface area contributed by atoms with Crippen LogP contribution in [0.1, 0.15) is 58.8 Å². The summed E-state index contributed by atoms with van der Waals surface area (Å²) < 4.78 is 5.06. The average Bonchev–Trinajstić information content (AvgIpc) is 2.44. The van der Waals surface area contributed by atoms with Gasteiger partial charge in [0.05, 0.1) is 6.61 Å². The number of rotatable bonds is 8. The maximum atomic E-state index is 12.0. The van der Waals surface area contributed by atoms with E-state index in [4.69, 9.17) is 9.84 Å². The van der Waals surface area contributed by atoms with Gasteiger partial charge in [-0.05, 0) is 26.7 Å². The molecule has 0 spiro atoms. The van der Waals surface area contributed by atoms with Crippen LogP contribution >= 0.6 is 11.8 Å². The van der Waals surface area contributed by atoms with Crippen molar-refractivity contribution in [2.45, 2.75) is 76.1 Å². The van der Waals surface area contributed by atoms with Gasteiger partial charge in [0, 0.05) is 11.0 Å². The van der Waals surface area contributed by atoms with Crippen molar-refractivity contribution in [1.29, 1.82) is 0 Å². The van der Waals surface area contributed by atoms with Crippen LogP contribution in [-0.4, -0.2) is 46.7 Å². The Kier molecular flexibility index (Phi) is 9.55. The smallest absolute Gasteiger partial charge is 0.324 e. The maximum Gasteiger partial charge on any atom is 0.324 e. The fourth-order valence-corrected chi connectivity index (χ4v) is 3.98. The van der Waals surface area contributed by atoms with E-state index in [1.54, 1.807) is 25.6 Å². The first kappa shape index (κ1) is 19.3. The Hall–Kier alpha value is -0.750. The molecule has 5 nitrogen and oxygen atoms in total. The molecule has 0 unspecified atom stereocenters. The average molecular weight is 331 g/mol. The van der Waals surface area contributed by atoms with Gasteiger partial charge in [0.15, 0.2) is 0 Å². The number of aliphatic carboxylic acids is 1. The van der Waals surface area contributed by atoms with E-state index in [1.807, 2.05) is 0 Å². The maximum absolute atomic E-state index is 12.0. The molecule has 0 aromatic carbocycles. The fourth-order valence-electron chi connectivity index (χ4n) is 2.62. The summed E-state index contributed by atoms with van der Waals surface area (Å²) >= 11 is 1.78. The third-order valence-corrected chi connectivity index (χ3v) is 5.41. The summed E-state index contributed by atoms with van der Waals surface area (Å²) in [4.78, 5) is 23.0. The Morgan fingerprint density at radius 2 is 1.82 bits per heavy atom. The van der Waals surface area contributed by atoms with Crippen LogP contribution in [0.5, 0.6) is 0 Å². The van der Waals surface area contributed by atoms with Gasteiger partial charge in [0.2, 0.25) is 0 Å². The van der Waals surface area contributed by atoms with Crippen molar-refractivity contribution < 1.29 is 19.4 Å². The second kappa shape index (κ2) is 10.9. The van der Waals surface area contributed by atoms with E-state index in [0.29, 0.717) is 17.6 Å². The Balaban J connectivity index is 2.50. The van der Waals surface area contributed by atoms with Gasteiger partial charge >= 0.3 is 11.9 Å². The molecule has 2 N–H and O–H groups in total. The summed E-state index contributed by atoms with van der Waals surface area (Å²) in [5, 5.41) is 12.4. The lowest BCUT2D eigenvalue weighted by molar-refractivity contribution is -0.146. The molecule has 1 saturated carbocycles. The lowest BCUT2D eigenvalue weighted by atomic mass is 10.0. The van der Waals surface area contributed by atoms with Gasteiger partial charge in [-0.25, -0.2) is 0 Å². The molecule has 1 rings (SSSR count). The molecule has 0 aromatic heterocycles. The predicted octanol–water partition coefficient (Wildman–Crippen LogP) is 2.83. The minimum atomic E-state index is -0.953. The quantitative estimate of drug-likeness (QED) is 0.666. The third-order valence-electron chi connectivity index (χ3n) is 3.94. The molecule has 0 saturated heterocycles. The zero-order chi connectivity index (χ0) is 16.4. The van der Waals surface area contributed by atoms with E-state index >= 15 is 0 Å². The molecule has 1 fully saturated rings. The fraction of sp³-hybridized carbons (Fsp3) is 0.875. The predicted molar refractivity (Wildman–Crippen MR) is 89.2 cm³/mol. The second-order valence-electron chi connectivity index (χ2n) is 5.83. The standard InChI is InChI=1S/C16H29NO4S/c1-3-21-16(20)14(17-12(2)15(18)19)11-22-13-9-7-5-4-6-8-10-13/h12-14,17H,3-11H2,1-2H3,(H,18,19)/t12-,14-/m0/s1. The molecule has 0 bridgehead atoms. The Morgan fingerprint density at radius 3 is 2.36 bits per heavy atom. The van der Waals surface area contributed by atoms with Gasteiger partial charge < -0.3 is 9.84 Å². The first-order valence-electron chi connectivity index (χ1n) is 8.31. The summed E-state index contributed by atoms with van der Waals surface area (Å²) in [6.07, 6.45) is 8.81. The molecular weight excluding hydrogens is 302 g/mol. The van der Waals surface area contributed by atoms with Gasteiger partial charge in [0.1, 0.15) is 12.1 Å². The van der Waals surface area contributed by atoms with E-state index in [9.17, 15) is 9.59 Å². The summed E-state index contributed by atoms with van der Waals surface area (Å²) in [7, 11) is 0. The first-order valence-corrected chi connectivity index (χ1v) is 9.36. The molecule has 0 amide bonds.